The van der Waals surface area contributed by atoms with E-state index in [1.54, 1.807) is 6.07 Å². The average molecular weight is 207 g/mol. The lowest BCUT2D eigenvalue weighted by Gasteiger charge is -2.09. The van der Waals surface area contributed by atoms with Gasteiger partial charge in [0.05, 0.1) is 6.54 Å². The molecule has 0 atom stereocenters. The van der Waals surface area contributed by atoms with E-state index < -0.39 is 5.97 Å². The molecule has 0 radical (unpaired) electrons. The summed E-state index contributed by atoms with van der Waals surface area (Å²) in [5.41, 5.74) is 0. The zero-order valence-electron chi connectivity index (χ0n) is 8.27. The van der Waals surface area contributed by atoms with E-state index in [1.807, 2.05) is 0 Å². The Kier molecular flexibility index (Phi) is 2.87. The highest BCUT2D eigenvalue weighted by Crippen LogP contribution is 2.12. The lowest BCUT2D eigenvalue weighted by molar-refractivity contribution is 0.0660. The first-order valence-electron chi connectivity index (χ1n) is 4.96. The van der Waals surface area contributed by atoms with Crippen molar-refractivity contribution >= 4 is 5.97 Å². The van der Waals surface area contributed by atoms with Gasteiger partial charge in [0.25, 0.3) is 0 Å². The van der Waals surface area contributed by atoms with Crippen LogP contribution < -0.4 is 5.32 Å². The first-order valence-corrected chi connectivity index (χ1v) is 4.96. The van der Waals surface area contributed by atoms with Gasteiger partial charge in [-0.3, -0.25) is 0 Å². The second kappa shape index (κ2) is 4.31. The molecule has 1 aliphatic rings. The molecule has 2 N–H and O–H groups in total. The Hall–Kier alpha value is -1.55. The summed E-state index contributed by atoms with van der Waals surface area (Å²) in [7, 11) is 0. The van der Waals surface area contributed by atoms with Crippen molar-refractivity contribution in [2.45, 2.75) is 25.4 Å². The van der Waals surface area contributed by atoms with Crippen molar-refractivity contribution in [3.05, 3.63) is 35.8 Å². The van der Waals surface area contributed by atoms with Crippen LogP contribution in [0.4, 0.5) is 0 Å². The third-order valence-corrected chi connectivity index (χ3v) is 2.45. The lowest BCUT2D eigenvalue weighted by Crippen LogP contribution is -2.25. The van der Waals surface area contributed by atoms with E-state index in [2.05, 4.69) is 17.5 Å². The van der Waals surface area contributed by atoms with Gasteiger partial charge in [-0.15, -0.1) is 0 Å². The molecular formula is C11H13NO3. The zero-order chi connectivity index (χ0) is 10.7. The highest BCUT2D eigenvalue weighted by Gasteiger charge is 2.12. The molecule has 0 unspecified atom stereocenters. The minimum atomic E-state index is -1.02. The topological polar surface area (TPSA) is 62.5 Å². The van der Waals surface area contributed by atoms with Gasteiger partial charge in [-0.1, -0.05) is 12.2 Å². The third-order valence-electron chi connectivity index (χ3n) is 2.45. The lowest BCUT2D eigenvalue weighted by atomic mass is 10.2. The molecule has 1 aromatic rings. The van der Waals surface area contributed by atoms with Gasteiger partial charge in [0.1, 0.15) is 5.76 Å². The van der Waals surface area contributed by atoms with Gasteiger partial charge in [-0.2, -0.15) is 0 Å². The summed E-state index contributed by atoms with van der Waals surface area (Å²) in [6.07, 6.45) is 6.35. The van der Waals surface area contributed by atoms with E-state index in [0.29, 0.717) is 18.3 Å². The van der Waals surface area contributed by atoms with Gasteiger partial charge < -0.3 is 14.8 Å². The molecule has 1 heterocycles. The molecule has 0 amide bonds. The van der Waals surface area contributed by atoms with Gasteiger partial charge in [0.2, 0.25) is 5.76 Å². The molecule has 0 bridgehead atoms. The van der Waals surface area contributed by atoms with Crippen LogP contribution in [0.2, 0.25) is 0 Å². The van der Waals surface area contributed by atoms with E-state index >= 15 is 0 Å². The van der Waals surface area contributed by atoms with Crippen molar-refractivity contribution in [1.82, 2.24) is 5.32 Å². The minimum absolute atomic E-state index is 0.00338. The standard InChI is InChI=1S/C11H13NO3/c13-11(14)10-6-5-9(15-10)7-12-8-3-1-2-4-8/h1-2,5-6,8,12H,3-4,7H2,(H,13,14). The van der Waals surface area contributed by atoms with Crippen LogP contribution in [0.1, 0.15) is 29.2 Å². The maximum atomic E-state index is 10.6. The van der Waals surface area contributed by atoms with Crippen LogP contribution in [0.15, 0.2) is 28.7 Å². The molecule has 1 aliphatic carbocycles. The summed E-state index contributed by atoms with van der Waals surface area (Å²) >= 11 is 0. The monoisotopic (exact) mass is 207 g/mol. The van der Waals surface area contributed by atoms with Crippen molar-refractivity contribution in [3.63, 3.8) is 0 Å². The molecule has 0 aromatic carbocycles. The molecule has 0 spiro atoms. The molecule has 80 valence electrons. The number of hydrogen-bond donors (Lipinski definition) is 2. The van der Waals surface area contributed by atoms with Crippen LogP contribution >= 0.6 is 0 Å². The molecule has 0 saturated heterocycles. The van der Waals surface area contributed by atoms with E-state index in [1.165, 1.54) is 6.07 Å². The number of carboxylic acid groups (broad SMARTS) is 1. The Labute approximate surface area is 87.6 Å². The summed E-state index contributed by atoms with van der Waals surface area (Å²) in [5.74, 6) is -0.362. The van der Waals surface area contributed by atoms with Gasteiger partial charge in [0, 0.05) is 6.04 Å². The fourth-order valence-electron chi connectivity index (χ4n) is 1.62. The van der Waals surface area contributed by atoms with Crippen LogP contribution in [-0.4, -0.2) is 17.1 Å². The SMILES string of the molecule is O=C(O)c1ccc(CNC2CC=CC2)o1. The van der Waals surface area contributed by atoms with Crippen molar-refractivity contribution in [2.75, 3.05) is 0 Å². The Bertz CT molecular complexity index is 373. The van der Waals surface area contributed by atoms with Crippen LogP contribution in [-0.2, 0) is 6.54 Å². The van der Waals surface area contributed by atoms with Crippen molar-refractivity contribution in [1.29, 1.82) is 0 Å². The maximum Gasteiger partial charge on any atom is 0.371 e. The molecule has 15 heavy (non-hydrogen) atoms. The quantitative estimate of drug-likeness (QED) is 0.739. The second-order valence-electron chi connectivity index (χ2n) is 3.59. The van der Waals surface area contributed by atoms with Crippen molar-refractivity contribution in [3.8, 4) is 0 Å². The summed E-state index contributed by atoms with van der Waals surface area (Å²) in [6.45, 7) is 0.583. The van der Waals surface area contributed by atoms with Crippen molar-refractivity contribution in [2.24, 2.45) is 0 Å². The largest absolute Gasteiger partial charge is 0.475 e. The highest BCUT2D eigenvalue weighted by molar-refractivity contribution is 5.84. The number of rotatable bonds is 4. The molecule has 0 fully saturated rings. The fraction of sp³-hybridized carbons (Fsp3) is 0.364. The second-order valence-corrected chi connectivity index (χ2v) is 3.59. The van der Waals surface area contributed by atoms with Crippen LogP contribution in [0.3, 0.4) is 0 Å². The fourth-order valence-corrected chi connectivity index (χ4v) is 1.62. The van der Waals surface area contributed by atoms with Gasteiger partial charge in [-0.25, -0.2) is 4.79 Å². The molecular weight excluding hydrogens is 194 g/mol. The average Bonchev–Trinajstić information content (AvgIpc) is 2.86. The van der Waals surface area contributed by atoms with Crippen LogP contribution in [0, 0.1) is 0 Å². The Morgan fingerprint density at radius 3 is 2.80 bits per heavy atom. The highest BCUT2D eigenvalue weighted by atomic mass is 16.4. The number of carboxylic acids is 1. The molecule has 1 aromatic heterocycles. The normalized spacial score (nSPS) is 16.0. The Morgan fingerprint density at radius 1 is 1.47 bits per heavy atom. The molecule has 0 saturated carbocycles. The third kappa shape index (κ3) is 2.47. The summed E-state index contributed by atoms with van der Waals surface area (Å²) < 4.78 is 5.12. The molecule has 2 rings (SSSR count). The Balaban J connectivity index is 1.85. The molecule has 0 aliphatic heterocycles. The molecule has 4 heteroatoms. The first kappa shape index (κ1) is 9.98. The number of aromatic carboxylic acids is 1. The number of carbonyl (C=O) groups is 1. The van der Waals surface area contributed by atoms with E-state index in [-0.39, 0.29) is 5.76 Å². The minimum Gasteiger partial charge on any atom is -0.475 e. The first-order chi connectivity index (χ1) is 7.25. The van der Waals surface area contributed by atoms with Crippen molar-refractivity contribution < 1.29 is 14.3 Å². The van der Waals surface area contributed by atoms with Gasteiger partial charge >= 0.3 is 5.97 Å². The van der Waals surface area contributed by atoms with Gasteiger partial charge in [-0.05, 0) is 25.0 Å². The predicted octanol–water partition coefficient (Wildman–Crippen LogP) is 1.79. The number of furan rings is 1. The Morgan fingerprint density at radius 2 is 2.20 bits per heavy atom. The zero-order valence-corrected chi connectivity index (χ0v) is 8.27. The number of nitrogens with one attached hydrogen (secondary N) is 1. The van der Waals surface area contributed by atoms with E-state index in [4.69, 9.17) is 9.52 Å². The smallest absolute Gasteiger partial charge is 0.371 e. The summed E-state index contributed by atoms with van der Waals surface area (Å²) in [5, 5.41) is 12.0. The van der Waals surface area contributed by atoms with Crippen LogP contribution in [0.5, 0.6) is 0 Å². The maximum absolute atomic E-state index is 10.6. The predicted molar refractivity (Wildman–Crippen MR) is 54.7 cm³/mol. The van der Waals surface area contributed by atoms with Gasteiger partial charge in [0.15, 0.2) is 0 Å². The summed E-state index contributed by atoms with van der Waals surface area (Å²) in [6, 6.07) is 3.63. The van der Waals surface area contributed by atoms with E-state index in [9.17, 15) is 4.79 Å². The summed E-state index contributed by atoms with van der Waals surface area (Å²) in [4.78, 5) is 10.6. The van der Waals surface area contributed by atoms with Crippen LogP contribution in [0.25, 0.3) is 0 Å². The molecule has 4 nitrogen and oxygen atoms in total. The number of hydrogen-bond acceptors (Lipinski definition) is 3. The van der Waals surface area contributed by atoms with E-state index in [0.717, 1.165) is 12.8 Å².